The summed E-state index contributed by atoms with van der Waals surface area (Å²) in [5.41, 5.74) is 1.89. The van der Waals surface area contributed by atoms with Crippen LogP contribution in [0.5, 0.6) is 0 Å². The predicted molar refractivity (Wildman–Crippen MR) is 80.5 cm³/mol. The van der Waals surface area contributed by atoms with Crippen molar-refractivity contribution in [1.29, 1.82) is 0 Å². The molecule has 0 atom stereocenters. The van der Waals surface area contributed by atoms with E-state index in [-0.39, 0.29) is 5.78 Å². The molecular formula is C14H18N4OS. The van der Waals surface area contributed by atoms with Gasteiger partial charge in [0.25, 0.3) is 0 Å². The van der Waals surface area contributed by atoms with Crippen molar-refractivity contribution in [2.24, 2.45) is 12.5 Å². The minimum atomic E-state index is -0.440. The lowest BCUT2D eigenvalue weighted by atomic mass is 9.84. The highest BCUT2D eigenvalue weighted by Crippen LogP contribution is 2.42. The largest absolute Gasteiger partial charge is 0.354 e. The fourth-order valence-electron chi connectivity index (χ4n) is 2.49. The standard InChI is InChI=1S/C14H18N4OS/c1-14(2)6-9-10(15-13(20-9)17(3)4)8-7-18(5)16-11(8)12(14)19/h7H,6H2,1-5H3. The molecular weight excluding hydrogens is 272 g/mol. The van der Waals surface area contributed by atoms with Crippen molar-refractivity contribution in [2.45, 2.75) is 20.3 Å². The van der Waals surface area contributed by atoms with Crippen LogP contribution in [0, 0.1) is 5.41 Å². The highest BCUT2D eigenvalue weighted by Gasteiger charge is 2.38. The van der Waals surface area contributed by atoms with Crippen LogP contribution in [0.2, 0.25) is 0 Å². The average Bonchev–Trinajstić information content (AvgIpc) is 2.89. The molecule has 3 rings (SSSR count). The molecule has 0 bridgehead atoms. The van der Waals surface area contributed by atoms with Crippen LogP contribution >= 0.6 is 11.3 Å². The highest BCUT2D eigenvalue weighted by molar-refractivity contribution is 7.16. The Morgan fingerprint density at radius 1 is 1.35 bits per heavy atom. The van der Waals surface area contributed by atoms with Gasteiger partial charge in [-0.15, -0.1) is 11.3 Å². The summed E-state index contributed by atoms with van der Waals surface area (Å²) in [7, 11) is 5.81. The highest BCUT2D eigenvalue weighted by atomic mass is 32.1. The third kappa shape index (κ3) is 1.86. The van der Waals surface area contributed by atoms with Gasteiger partial charge >= 0.3 is 0 Å². The van der Waals surface area contributed by atoms with Crippen LogP contribution in [-0.4, -0.2) is 34.6 Å². The molecule has 0 aromatic carbocycles. The topological polar surface area (TPSA) is 51.0 Å². The van der Waals surface area contributed by atoms with Crippen LogP contribution < -0.4 is 4.90 Å². The molecule has 2 heterocycles. The van der Waals surface area contributed by atoms with Crippen LogP contribution in [0.4, 0.5) is 5.13 Å². The number of carbonyl (C=O) groups excluding carboxylic acids is 1. The van der Waals surface area contributed by atoms with Crippen LogP contribution in [0.1, 0.15) is 29.2 Å². The van der Waals surface area contributed by atoms with E-state index in [0.717, 1.165) is 16.4 Å². The summed E-state index contributed by atoms with van der Waals surface area (Å²) in [4.78, 5) is 20.5. The maximum atomic E-state index is 12.6. The minimum absolute atomic E-state index is 0.102. The smallest absolute Gasteiger partial charge is 0.189 e. The molecule has 2 aromatic heterocycles. The Bertz CT molecular complexity index is 696. The van der Waals surface area contributed by atoms with Gasteiger partial charge in [0.15, 0.2) is 10.9 Å². The van der Waals surface area contributed by atoms with Crippen LogP contribution in [0.15, 0.2) is 6.20 Å². The number of aryl methyl sites for hydroxylation is 1. The number of ketones is 1. The van der Waals surface area contributed by atoms with E-state index in [2.05, 4.69) is 5.10 Å². The first kappa shape index (κ1) is 13.3. The molecule has 0 saturated carbocycles. The van der Waals surface area contributed by atoms with Gasteiger partial charge in [-0.1, -0.05) is 13.8 Å². The average molecular weight is 290 g/mol. The Morgan fingerprint density at radius 3 is 2.70 bits per heavy atom. The van der Waals surface area contributed by atoms with E-state index in [4.69, 9.17) is 4.98 Å². The molecule has 0 amide bonds. The number of thiazole rings is 1. The van der Waals surface area contributed by atoms with E-state index in [1.807, 2.05) is 46.1 Å². The molecule has 0 N–H and O–H groups in total. The van der Waals surface area contributed by atoms with Crippen LogP contribution in [0.25, 0.3) is 11.3 Å². The van der Waals surface area contributed by atoms with E-state index < -0.39 is 5.41 Å². The molecule has 1 aliphatic carbocycles. The normalized spacial score (nSPS) is 16.6. The summed E-state index contributed by atoms with van der Waals surface area (Å²) in [5.74, 6) is 0.102. The first-order valence-electron chi connectivity index (χ1n) is 6.55. The van der Waals surface area contributed by atoms with Gasteiger partial charge in [-0.25, -0.2) is 4.98 Å². The summed E-state index contributed by atoms with van der Waals surface area (Å²) in [5, 5.41) is 5.33. The van der Waals surface area contributed by atoms with Gasteiger partial charge < -0.3 is 4.90 Å². The predicted octanol–water partition coefficient (Wildman–Crippen LogP) is 2.37. The second-order valence-corrected chi connectivity index (χ2v) is 7.18. The van der Waals surface area contributed by atoms with E-state index in [9.17, 15) is 4.79 Å². The molecule has 0 aliphatic heterocycles. The van der Waals surface area contributed by atoms with Crippen molar-refractivity contribution in [3.63, 3.8) is 0 Å². The van der Waals surface area contributed by atoms with Crippen molar-refractivity contribution >= 4 is 22.3 Å². The summed E-state index contributed by atoms with van der Waals surface area (Å²) >= 11 is 1.66. The number of Topliss-reactive ketones (excluding diaryl/α,β-unsaturated/α-hetero) is 1. The Morgan fingerprint density at radius 2 is 2.05 bits per heavy atom. The maximum Gasteiger partial charge on any atom is 0.189 e. The monoisotopic (exact) mass is 290 g/mol. The summed E-state index contributed by atoms with van der Waals surface area (Å²) in [6.45, 7) is 3.97. The quantitative estimate of drug-likeness (QED) is 0.809. The van der Waals surface area contributed by atoms with Crippen molar-refractivity contribution in [1.82, 2.24) is 14.8 Å². The molecule has 0 spiro atoms. The number of aromatic nitrogens is 3. The number of hydrogen-bond acceptors (Lipinski definition) is 5. The molecule has 5 nitrogen and oxygen atoms in total. The molecule has 20 heavy (non-hydrogen) atoms. The second-order valence-electron chi connectivity index (χ2n) is 6.12. The molecule has 2 aromatic rings. The molecule has 0 fully saturated rings. The van der Waals surface area contributed by atoms with Gasteiger partial charge in [0.2, 0.25) is 0 Å². The number of anilines is 1. The first-order chi connectivity index (χ1) is 9.29. The Labute approximate surface area is 122 Å². The van der Waals surface area contributed by atoms with E-state index in [1.54, 1.807) is 16.0 Å². The number of rotatable bonds is 1. The first-order valence-corrected chi connectivity index (χ1v) is 7.37. The van der Waals surface area contributed by atoms with Crippen molar-refractivity contribution < 1.29 is 4.79 Å². The zero-order valence-corrected chi connectivity index (χ0v) is 13.2. The molecule has 0 saturated heterocycles. The SMILES string of the molecule is CN(C)c1nc2c(s1)CC(C)(C)C(=O)c1nn(C)cc1-2. The van der Waals surface area contributed by atoms with Crippen LogP contribution in [-0.2, 0) is 13.5 Å². The van der Waals surface area contributed by atoms with Gasteiger partial charge in [-0.05, 0) is 6.42 Å². The van der Waals surface area contributed by atoms with Gasteiger partial charge in [-0.2, -0.15) is 5.10 Å². The third-order valence-electron chi connectivity index (χ3n) is 3.58. The lowest BCUT2D eigenvalue weighted by Crippen LogP contribution is -2.26. The molecule has 0 unspecified atom stereocenters. The summed E-state index contributed by atoms with van der Waals surface area (Å²) in [6.07, 6.45) is 2.61. The summed E-state index contributed by atoms with van der Waals surface area (Å²) in [6, 6.07) is 0. The van der Waals surface area contributed by atoms with E-state index >= 15 is 0 Å². The third-order valence-corrected chi connectivity index (χ3v) is 4.81. The fourth-order valence-corrected chi connectivity index (χ4v) is 3.72. The molecule has 1 aliphatic rings. The van der Waals surface area contributed by atoms with Gasteiger partial charge in [0, 0.05) is 37.6 Å². The van der Waals surface area contributed by atoms with E-state index in [1.165, 1.54) is 4.88 Å². The Hall–Kier alpha value is -1.69. The zero-order valence-electron chi connectivity index (χ0n) is 12.4. The van der Waals surface area contributed by atoms with Crippen LogP contribution in [0.3, 0.4) is 0 Å². The Balaban J connectivity index is 2.28. The second kappa shape index (κ2) is 4.15. The number of nitrogens with zero attached hydrogens (tertiary/aromatic N) is 4. The lowest BCUT2D eigenvalue weighted by Gasteiger charge is -2.19. The Kier molecular flexibility index (Phi) is 2.76. The molecule has 106 valence electrons. The molecule has 6 heteroatoms. The van der Waals surface area contributed by atoms with Gasteiger partial charge in [0.1, 0.15) is 5.69 Å². The fraction of sp³-hybridized carbons (Fsp3) is 0.500. The van der Waals surface area contributed by atoms with Gasteiger partial charge in [0.05, 0.1) is 11.3 Å². The lowest BCUT2D eigenvalue weighted by molar-refractivity contribution is 0.0835. The van der Waals surface area contributed by atoms with Crippen molar-refractivity contribution in [3.05, 3.63) is 16.8 Å². The van der Waals surface area contributed by atoms with Crippen molar-refractivity contribution in [2.75, 3.05) is 19.0 Å². The number of carbonyl (C=O) groups is 1. The van der Waals surface area contributed by atoms with Crippen molar-refractivity contribution in [3.8, 4) is 11.3 Å². The van der Waals surface area contributed by atoms with E-state index in [0.29, 0.717) is 12.1 Å². The minimum Gasteiger partial charge on any atom is -0.354 e. The molecule has 0 radical (unpaired) electrons. The number of fused-ring (bicyclic) bond motifs is 3. The van der Waals surface area contributed by atoms with Gasteiger partial charge in [-0.3, -0.25) is 9.48 Å². The summed E-state index contributed by atoms with van der Waals surface area (Å²) < 4.78 is 1.70. The zero-order chi connectivity index (χ0) is 14.7. The number of hydrogen-bond donors (Lipinski definition) is 0. The maximum absolute atomic E-state index is 12.6.